The van der Waals surface area contributed by atoms with Crippen LogP contribution in [-0.2, 0) is 25.5 Å². The van der Waals surface area contributed by atoms with Crippen molar-refractivity contribution in [1.29, 1.82) is 0 Å². The van der Waals surface area contributed by atoms with Crippen LogP contribution < -0.4 is 10.2 Å². The number of amides is 2. The average Bonchev–Trinajstić information content (AvgIpc) is 3.15. The summed E-state index contributed by atoms with van der Waals surface area (Å²) in [5.74, 6) is -1.60. The standard InChI is InChI=1S/C25H30N2O4/c1-4-5-6-19-8-11-22(12-9-19)27-15-20(14-24(27)29)25(30)31-16-23(28)26-21-10-7-17(2)18(3)13-21/h7-13,20H,4-6,14-16H2,1-3H3,(H,26,28)/t20-/m0/s1. The van der Waals surface area contributed by atoms with E-state index in [9.17, 15) is 14.4 Å². The van der Waals surface area contributed by atoms with E-state index in [1.165, 1.54) is 5.56 Å². The maximum Gasteiger partial charge on any atom is 0.311 e. The van der Waals surface area contributed by atoms with E-state index in [2.05, 4.69) is 12.2 Å². The molecule has 164 valence electrons. The average molecular weight is 423 g/mol. The van der Waals surface area contributed by atoms with Gasteiger partial charge in [0.05, 0.1) is 5.92 Å². The van der Waals surface area contributed by atoms with Crippen LogP contribution >= 0.6 is 0 Å². The van der Waals surface area contributed by atoms with Gasteiger partial charge in [-0.15, -0.1) is 0 Å². The number of benzene rings is 2. The molecule has 1 N–H and O–H groups in total. The summed E-state index contributed by atoms with van der Waals surface area (Å²) in [5, 5.41) is 2.73. The maximum absolute atomic E-state index is 12.4. The van der Waals surface area contributed by atoms with Crippen LogP contribution in [0.2, 0.25) is 0 Å². The van der Waals surface area contributed by atoms with Crippen molar-refractivity contribution in [2.75, 3.05) is 23.4 Å². The van der Waals surface area contributed by atoms with Crippen molar-refractivity contribution in [3.8, 4) is 0 Å². The van der Waals surface area contributed by atoms with Crippen LogP contribution in [0.25, 0.3) is 0 Å². The van der Waals surface area contributed by atoms with Crippen LogP contribution in [-0.4, -0.2) is 30.9 Å². The largest absolute Gasteiger partial charge is 0.455 e. The second kappa shape index (κ2) is 10.2. The quantitative estimate of drug-likeness (QED) is 0.648. The monoisotopic (exact) mass is 422 g/mol. The Morgan fingerprint density at radius 3 is 2.52 bits per heavy atom. The first kappa shape index (κ1) is 22.5. The zero-order valence-electron chi connectivity index (χ0n) is 18.4. The fourth-order valence-electron chi connectivity index (χ4n) is 3.61. The molecular formula is C25H30N2O4. The third-order valence-electron chi connectivity index (χ3n) is 5.66. The number of carbonyl (C=O) groups is 3. The van der Waals surface area contributed by atoms with Crippen LogP contribution in [0.5, 0.6) is 0 Å². The first-order valence-electron chi connectivity index (χ1n) is 10.8. The lowest BCUT2D eigenvalue weighted by molar-refractivity contribution is -0.151. The molecule has 1 heterocycles. The molecule has 1 atom stereocenters. The van der Waals surface area contributed by atoms with Crippen molar-refractivity contribution >= 4 is 29.2 Å². The minimum Gasteiger partial charge on any atom is -0.455 e. The Bertz CT molecular complexity index is 952. The highest BCUT2D eigenvalue weighted by Gasteiger charge is 2.36. The molecule has 31 heavy (non-hydrogen) atoms. The molecule has 3 rings (SSSR count). The van der Waals surface area contributed by atoms with Crippen molar-refractivity contribution in [3.63, 3.8) is 0 Å². The number of aryl methyl sites for hydroxylation is 3. The number of nitrogens with zero attached hydrogens (tertiary/aromatic N) is 1. The van der Waals surface area contributed by atoms with Crippen molar-refractivity contribution < 1.29 is 19.1 Å². The van der Waals surface area contributed by atoms with Crippen LogP contribution in [0.3, 0.4) is 0 Å². The number of carbonyl (C=O) groups excluding carboxylic acids is 3. The molecule has 0 spiro atoms. The van der Waals surface area contributed by atoms with Crippen molar-refractivity contribution in [1.82, 2.24) is 0 Å². The van der Waals surface area contributed by atoms with E-state index in [0.29, 0.717) is 5.69 Å². The summed E-state index contributed by atoms with van der Waals surface area (Å²) in [4.78, 5) is 38.6. The molecule has 1 aliphatic rings. The summed E-state index contributed by atoms with van der Waals surface area (Å²) in [6.07, 6.45) is 3.38. The van der Waals surface area contributed by atoms with E-state index in [1.807, 2.05) is 56.3 Å². The predicted octanol–water partition coefficient (Wildman–Crippen LogP) is 4.18. The number of esters is 1. The highest BCUT2D eigenvalue weighted by molar-refractivity contribution is 6.00. The van der Waals surface area contributed by atoms with Gasteiger partial charge in [-0.2, -0.15) is 0 Å². The lowest BCUT2D eigenvalue weighted by Crippen LogP contribution is -2.28. The zero-order chi connectivity index (χ0) is 22.4. The maximum atomic E-state index is 12.4. The van der Waals surface area contributed by atoms with Crippen molar-refractivity contribution in [2.24, 2.45) is 5.92 Å². The van der Waals surface area contributed by atoms with Crippen molar-refractivity contribution in [3.05, 3.63) is 59.2 Å². The zero-order valence-corrected chi connectivity index (χ0v) is 18.4. The van der Waals surface area contributed by atoms with E-state index in [-0.39, 0.29) is 25.5 Å². The fourth-order valence-corrected chi connectivity index (χ4v) is 3.61. The molecule has 0 aliphatic carbocycles. The SMILES string of the molecule is CCCCc1ccc(N2C[C@@H](C(=O)OCC(=O)Nc3ccc(C)c(C)c3)CC2=O)cc1. The lowest BCUT2D eigenvalue weighted by Gasteiger charge is -2.17. The van der Waals surface area contributed by atoms with Gasteiger partial charge in [0.2, 0.25) is 5.91 Å². The molecule has 0 aromatic heterocycles. The molecule has 0 unspecified atom stereocenters. The van der Waals surface area contributed by atoms with E-state index in [4.69, 9.17) is 4.74 Å². The third-order valence-corrected chi connectivity index (χ3v) is 5.66. The Hall–Kier alpha value is -3.15. The van der Waals surface area contributed by atoms with Gasteiger partial charge < -0.3 is 15.0 Å². The lowest BCUT2D eigenvalue weighted by atomic mass is 10.1. The summed E-state index contributed by atoms with van der Waals surface area (Å²) in [7, 11) is 0. The van der Waals surface area contributed by atoms with Crippen LogP contribution in [0.4, 0.5) is 11.4 Å². The molecule has 1 fully saturated rings. The summed E-state index contributed by atoms with van der Waals surface area (Å²) >= 11 is 0. The van der Waals surface area contributed by atoms with Crippen molar-refractivity contribution in [2.45, 2.75) is 46.5 Å². The summed E-state index contributed by atoms with van der Waals surface area (Å²) in [6, 6.07) is 13.5. The van der Waals surface area contributed by atoms with Gasteiger partial charge in [-0.3, -0.25) is 14.4 Å². The Kier molecular flexibility index (Phi) is 7.45. The van der Waals surface area contributed by atoms with Gasteiger partial charge >= 0.3 is 5.97 Å². The van der Waals surface area contributed by atoms with Gasteiger partial charge in [-0.25, -0.2) is 0 Å². The summed E-state index contributed by atoms with van der Waals surface area (Å²) in [5.41, 5.74) is 4.89. The van der Waals surface area contributed by atoms with E-state index >= 15 is 0 Å². The van der Waals surface area contributed by atoms with Gasteiger partial charge in [0.15, 0.2) is 6.61 Å². The molecule has 2 amide bonds. The van der Waals surface area contributed by atoms with Gasteiger partial charge in [-0.05, 0) is 67.6 Å². The predicted molar refractivity (Wildman–Crippen MR) is 121 cm³/mol. The normalized spacial score (nSPS) is 15.8. The number of nitrogens with one attached hydrogen (secondary N) is 1. The molecular weight excluding hydrogens is 392 g/mol. The molecule has 0 saturated carbocycles. The molecule has 0 radical (unpaired) electrons. The molecule has 2 aromatic carbocycles. The number of unbranched alkanes of at least 4 members (excludes halogenated alkanes) is 1. The Morgan fingerprint density at radius 2 is 1.84 bits per heavy atom. The second-order valence-electron chi connectivity index (χ2n) is 8.13. The first-order chi connectivity index (χ1) is 14.9. The molecule has 6 nitrogen and oxygen atoms in total. The number of anilines is 2. The molecule has 2 aromatic rings. The molecule has 1 aliphatic heterocycles. The topological polar surface area (TPSA) is 75.7 Å². The smallest absolute Gasteiger partial charge is 0.311 e. The second-order valence-corrected chi connectivity index (χ2v) is 8.13. The van der Waals surface area contributed by atoms with Gasteiger partial charge in [0.25, 0.3) is 5.91 Å². The Labute approximate surface area is 183 Å². The third kappa shape index (κ3) is 5.94. The molecule has 6 heteroatoms. The van der Waals surface area contributed by atoms with Gasteiger partial charge in [0, 0.05) is 24.3 Å². The van der Waals surface area contributed by atoms with Crippen LogP contribution in [0.15, 0.2) is 42.5 Å². The minimum absolute atomic E-state index is 0.0925. The number of rotatable bonds is 8. The number of hydrogen-bond donors (Lipinski definition) is 1. The van der Waals surface area contributed by atoms with E-state index < -0.39 is 17.8 Å². The highest BCUT2D eigenvalue weighted by Crippen LogP contribution is 2.26. The number of hydrogen-bond acceptors (Lipinski definition) is 4. The first-order valence-corrected chi connectivity index (χ1v) is 10.8. The van der Waals surface area contributed by atoms with Gasteiger partial charge in [0.1, 0.15) is 0 Å². The van der Waals surface area contributed by atoms with Gasteiger partial charge in [-0.1, -0.05) is 31.5 Å². The van der Waals surface area contributed by atoms with E-state index in [0.717, 1.165) is 36.1 Å². The molecule has 1 saturated heterocycles. The highest BCUT2D eigenvalue weighted by atomic mass is 16.5. The Balaban J connectivity index is 1.50. The van der Waals surface area contributed by atoms with Crippen LogP contribution in [0.1, 0.15) is 42.9 Å². The Morgan fingerprint density at radius 1 is 1.10 bits per heavy atom. The molecule has 0 bridgehead atoms. The fraction of sp³-hybridized carbons (Fsp3) is 0.400. The summed E-state index contributed by atoms with van der Waals surface area (Å²) in [6.45, 7) is 6.01. The van der Waals surface area contributed by atoms with E-state index in [1.54, 1.807) is 4.90 Å². The van der Waals surface area contributed by atoms with Crippen LogP contribution in [0, 0.1) is 19.8 Å². The summed E-state index contributed by atoms with van der Waals surface area (Å²) < 4.78 is 5.18. The number of ether oxygens (including phenoxy) is 1. The minimum atomic E-state index is -0.568.